The van der Waals surface area contributed by atoms with E-state index in [0.717, 1.165) is 43.6 Å². The Morgan fingerprint density at radius 1 is 1.35 bits per heavy atom. The molecule has 1 aliphatic rings. The van der Waals surface area contributed by atoms with Crippen LogP contribution in [-0.2, 0) is 11.3 Å². The van der Waals surface area contributed by atoms with E-state index in [0.29, 0.717) is 18.3 Å². The molecule has 26 heavy (non-hydrogen) atoms. The normalized spacial score (nSPS) is 15.8. The van der Waals surface area contributed by atoms with Gasteiger partial charge < -0.3 is 20.1 Å². The first-order valence-corrected chi connectivity index (χ1v) is 9.76. The number of nitrogens with zero attached hydrogens (tertiary/aromatic N) is 2. The number of rotatable bonds is 11. The van der Waals surface area contributed by atoms with Crippen LogP contribution in [0.15, 0.2) is 23.3 Å². The third kappa shape index (κ3) is 7.60. The van der Waals surface area contributed by atoms with Crippen molar-refractivity contribution < 1.29 is 9.47 Å². The van der Waals surface area contributed by atoms with E-state index in [1.54, 1.807) is 13.2 Å². The van der Waals surface area contributed by atoms with Gasteiger partial charge in [-0.15, -0.1) is 0 Å². The highest BCUT2D eigenvalue weighted by Crippen LogP contribution is 2.29. The van der Waals surface area contributed by atoms with Crippen molar-refractivity contribution in [3.05, 3.63) is 23.9 Å². The number of ether oxygens (including phenoxy) is 2. The number of pyridine rings is 1. The van der Waals surface area contributed by atoms with Crippen molar-refractivity contribution in [2.24, 2.45) is 16.8 Å². The maximum atomic E-state index is 5.78. The lowest BCUT2D eigenvalue weighted by atomic mass is 10.0. The highest BCUT2D eigenvalue weighted by atomic mass is 16.5. The lowest BCUT2D eigenvalue weighted by molar-refractivity contribution is 0.0258. The number of hydrogen-bond acceptors (Lipinski definition) is 4. The van der Waals surface area contributed by atoms with E-state index in [4.69, 9.17) is 9.47 Å². The average Bonchev–Trinajstić information content (AvgIpc) is 3.46. The SMILES string of the molecule is CCOC(CCNC(=NC)NCc1ccnc(OCC2CC2)c1)C(C)C. The molecule has 1 fully saturated rings. The third-order valence-electron chi connectivity index (χ3n) is 4.49. The van der Waals surface area contributed by atoms with Crippen LogP contribution in [0.5, 0.6) is 5.88 Å². The van der Waals surface area contributed by atoms with Gasteiger partial charge in [0, 0.05) is 39.0 Å². The predicted molar refractivity (Wildman–Crippen MR) is 106 cm³/mol. The highest BCUT2D eigenvalue weighted by molar-refractivity contribution is 5.79. The fourth-order valence-corrected chi connectivity index (χ4v) is 2.69. The Hall–Kier alpha value is -1.82. The zero-order chi connectivity index (χ0) is 18.8. The Bertz CT molecular complexity index is 558. The summed E-state index contributed by atoms with van der Waals surface area (Å²) in [5, 5.41) is 6.70. The topological polar surface area (TPSA) is 67.8 Å². The van der Waals surface area contributed by atoms with Gasteiger partial charge in [0.15, 0.2) is 5.96 Å². The first-order chi connectivity index (χ1) is 12.6. The summed E-state index contributed by atoms with van der Waals surface area (Å²) in [6, 6.07) is 3.99. The summed E-state index contributed by atoms with van der Waals surface area (Å²) in [6.07, 6.45) is 5.59. The summed E-state index contributed by atoms with van der Waals surface area (Å²) in [5.74, 6) is 2.74. The maximum absolute atomic E-state index is 5.78. The monoisotopic (exact) mass is 362 g/mol. The first-order valence-electron chi connectivity index (χ1n) is 9.76. The minimum Gasteiger partial charge on any atom is -0.477 e. The summed E-state index contributed by atoms with van der Waals surface area (Å²) >= 11 is 0. The van der Waals surface area contributed by atoms with Gasteiger partial charge in [0.05, 0.1) is 12.7 Å². The molecule has 0 bridgehead atoms. The molecule has 6 nitrogen and oxygen atoms in total. The summed E-state index contributed by atoms with van der Waals surface area (Å²) in [5.41, 5.74) is 1.13. The van der Waals surface area contributed by atoms with Gasteiger partial charge >= 0.3 is 0 Å². The molecule has 0 amide bonds. The smallest absolute Gasteiger partial charge is 0.213 e. The largest absolute Gasteiger partial charge is 0.477 e. The second-order valence-corrected chi connectivity index (χ2v) is 7.14. The van der Waals surface area contributed by atoms with Crippen LogP contribution in [0.4, 0.5) is 0 Å². The summed E-state index contributed by atoms with van der Waals surface area (Å²) < 4.78 is 11.5. The average molecular weight is 363 g/mol. The van der Waals surface area contributed by atoms with Crippen LogP contribution in [0.3, 0.4) is 0 Å². The van der Waals surface area contributed by atoms with Gasteiger partial charge in [-0.05, 0) is 49.7 Å². The van der Waals surface area contributed by atoms with Gasteiger partial charge in [0.25, 0.3) is 0 Å². The molecule has 0 aromatic carbocycles. The van der Waals surface area contributed by atoms with Crippen LogP contribution in [0.1, 0.15) is 45.6 Å². The Morgan fingerprint density at radius 3 is 2.81 bits per heavy atom. The fraction of sp³-hybridized carbons (Fsp3) is 0.700. The maximum Gasteiger partial charge on any atom is 0.213 e. The zero-order valence-electron chi connectivity index (χ0n) is 16.6. The Balaban J connectivity index is 1.73. The van der Waals surface area contributed by atoms with Crippen molar-refractivity contribution >= 4 is 5.96 Å². The third-order valence-corrected chi connectivity index (χ3v) is 4.49. The quantitative estimate of drug-likeness (QED) is 0.468. The van der Waals surface area contributed by atoms with Crippen molar-refractivity contribution in [3.63, 3.8) is 0 Å². The second-order valence-electron chi connectivity index (χ2n) is 7.14. The fourth-order valence-electron chi connectivity index (χ4n) is 2.69. The van der Waals surface area contributed by atoms with Gasteiger partial charge in [-0.1, -0.05) is 13.8 Å². The van der Waals surface area contributed by atoms with E-state index in [1.807, 2.05) is 19.1 Å². The molecule has 146 valence electrons. The summed E-state index contributed by atoms with van der Waals surface area (Å²) in [6.45, 7) is 9.47. The van der Waals surface area contributed by atoms with Crippen LogP contribution in [-0.4, -0.2) is 43.9 Å². The second kappa shape index (κ2) is 11.0. The van der Waals surface area contributed by atoms with Crippen molar-refractivity contribution in [2.45, 2.75) is 52.7 Å². The van der Waals surface area contributed by atoms with Crippen LogP contribution in [0.2, 0.25) is 0 Å². The van der Waals surface area contributed by atoms with E-state index in [1.165, 1.54) is 12.8 Å². The minimum atomic E-state index is 0.275. The molecule has 1 unspecified atom stereocenters. The van der Waals surface area contributed by atoms with Crippen molar-refractivity contribution in [1.82, 2.24) is 15.6 Å². The number of guanidine groups is 1. The zero-order valence-corrected chi connectivity index (χ0v) is 16.6. The molecule has 1 saturated carbocycles. The summed E-state index contributed by atoms with van der Waals surface area (Å²) in [4.78, 5) is 8.57. The number of hydrogen-bond donors (Lipinski definition) is 2. The molecular formula is C20H34N4O2. The first kappa shape index (κ1) is 20.5. The number of aromatic nitrogens is 1. The van der Waals surface area contributed by atoms with Crippen LogP contribution >= 0.6 is 0 Å². The number of aliphatic imine (C=N–C) groups is 1. The molecule has 1 aromatic rings. The molecule has 1 heterocycles. The lowest BCUT2D eigenvalue weighted by Crippen LogP contribution is -2.38. The van der Waals surface area contributed by atoms with E-state index in [2.05, 4.69) is 34.5 Å². The van der Waals surface area contributed by atoms with Crippen molar-refractivity contribution in [3.8, 4) is 5.88 Å². The van der Waals surface area contributed by atoms with Gasteiger partial charge in [-0.25, -0.2) is 4.98 Å². The van der Waals surface area contributed by atoms with Crippen molar-refractivity contribution in [2.75, 3.05) is 26.8 Å². The molecular weight excluding hydrogens is 328 g/mol. The van der Waals surface area contributed by atoms with Gasteiger partial charge in [-0.2, -0.15) is 0 Å². The molecule has 1 aliphatic carbocycles. The molecule has 0 saturated heterocycles. The lowest BCUT2D eigenvalue weighted by Gasteiger charge is -2.21. The molecule has 1 aromatic heterocycles. The molecule has 0 radical (unpaired) electrons. The molecule has 2 rings (SSSR count). The summed E-state index contributed by atoms with van der Waals surface area (Å²) in [7, 11) is 1.79. The standard InChI is InChI=1S/C20H34N4O2/c1-5-25-18(15(2)3)9-11-23-20(21-4)24-13-17-8-10-22-19(12-17)26-14-16-6-7-16/h8,10,12,15-16,18H,5-7,9,11,13-14H2,1-4H3,(H2,21,23,24). The Morgan fingerprint density at radius 2 is 2.15 bits per heavy atom. The Labute approximate surface area is 157 Å². The highest BCUT2D eigenvalue weighted by Gasteiger charge is 2.22. The van der Waals surface area contributed by atoms with Gasteiger partial charge in [-0.3, -0.25) is 4.99 Å². The molecule has 0 spiro atoms. The molecule has 0 aliphatic heterocycles. The van der Waals surface area contributed by atoms with E-state index in [9.17, 15) is 0 Å². The minimum absolute atomic E-state index is 0.275. The van der Waals surface area contributed by atoms with Gasteiger partial charge in [0.1, 0.15) is 0 Å². The Kier molecular flexibility index (Phi) is 8.68. The predicted octanol–water partition coefficient (Wildman–Crippen LogP) is 2.99. The van der Waals surface area contributed by atoms with Crippen LogP contribution in [0.25, 0.3) is 0 Å². The van der Waals surface area contributed by atoms with E-state index in [-0.39, 0.29) is 6.10 Å². The van der Waals surface area contributed by atoms with Crippen molar-refractivity contribution in [1.29, 1.82) is 0 Å². The number of nitrogens with one attached hydrogen (secondary N) is 2. The molecule has 2 N–H and O–H groups in total. The van der Waals surface area contributed by atoms with Gasteiger partial charge in [0.2, 0.25) is 5.88 Å². The van der Waals surface area contributed by atoms with Crippen LogP contribution in [0, 0.1) is 11.8 Å². The van der Waals surface area contributed by atoms with Crippen LogP contribution < -0.4 is 15.4 Å². The molecule has 6 heteroatoms. The van der Waals surface area contributed by atoms with E-state index < -0.39 is 0 Å². The molecule has 1 atom stereocenters. The van der Waals surface area contributed by atoms with E-state index >= 15 is 0 Å².